The van der Waals surface area contributed by atoms with Crippen molar-refractivity contribution in [3.63, 3.8) is 0 Å². The third-order valence-corrected chi connectivity index (χ3v) is 5.46. The lowest BCUT2D eigenvalue weighted by Gasteiger charge is -2.31. The van der Waals surface area contributed by atoms with Gasteiger partial charge in [0.2, 0.25) is 5.88 Å². The number of nitriles is 1. The standard InChI is InChI=1S/C21H24N4O/c22-13-16-4-6-17(7-5-16)14-25-10-8-18(9-11-25)15-26-21-12-19-2-1-3-20(19)23-24-21/h4-7,12,18H,1-3,8-11,14-15H2. The largest absolute Gasteiger partial charge is 0.476 e. The van der Waals surface area contributed by atoms with Crippen LogP contribution in [0.15, 0.2) is 30.3 Å². The molecule has 26 heavy (non-hydrogen) atoms. The van der Waals surface area contributed by atoms with Gasteiger partial charge in [-0.05, 0) is 74.4 Å². The monoisotopic (exact) mass is 348 g/mol. The number of hydrogen-bond donors (Lipinski definition) is 0. The molecule has 0 amide bonds. The quantitative estimate of drug-likeness (QED) is 0.831. The van der Waals surface area contributed by atoms with Crippen molar-refractivity contribution in [2.75, 3.05) is 19.7 Å². The Morgan fingerprint density at radius 1 is 1.12 bits per heavy atom. The van der Waals surface area contributed by atoms with Crippen LogP contribution in [-0.2, 0) is 19.4 Å². The molecule has 0 N–H and O–H groups in total. The third kappa shape index (κ3) is 4.03. The summed E-state index contributed by atoms with van der Waals surface area (Å²) in [7, 11) is 0. The third-order valence-electron chi connectivity index (χ3n) is 5.46. The van der Waals surface area contributed by atoms with Crippen molar-refractivity contribution in [1.82, 2.24) is 15.1 Å². The maximum atomic E-state index is 8.88. The zero-order valence-electron chi connectivity index (χ0n) is 15.0. The van der Waals surface area contributed by atoms with Crippen LogP contribution in [0.5, 0.6) is 5.88 Å². The summed E-state index contributed by atoms with van der Waals surface area (Å²) in [5.74, 6) is 1.27. The number of fused-ring (bicyclic) bond motifs is 1. The molecule has 5 nitrogen and oxygen atoms in total. The molecular weight excluding hydrogens is 324 g/mol. The average molecular weight is 348 g/mol. The fourth-order valence-corrected chi connectivity index (χ4v) is 3.84. The van der Waals surface area contributed by atoms with E-state index in [1.165, 1.54) is 17.5 Å². The van der Waals surface area contributed by atoms with Gasteiger partial charge in [0.1, 0.15) is 0 Å². The van der Waals surface area contributed by atoms with Gasteiger partial charge in [-0.2, -0.15) is 10.4 Å². The van der Waals surface area contributed by atoms with Gasteiger partial charge in [-0.1, -0.05) is 12.1 Å². The van der Waals surface area contributed by atoms with Crippen LogP contribution in [0, 0.1) is 17.2 Å². The van der Waals surface area contributed by atoms with Gasteiger partial charge < -0.3 is 4.74 Å². The SMILES string of the molecule is N#Cc1ccc(CN2CCC(COc3cc4c(nn3)CCC4)CC2)cc1. The van der Waals surface area contributed by atoms with Crippen LogP contribution in [-0.4, -0.2) is 34.8 Å². The fraction of sp³-hybridized carbons (Fsp3) is 0.476. The predicted octanol–water partition coefficient (Wildman–Crippen LogP) is 3.13. The molecule has 5 heteroatoms. The first-order valence-electron chi connectivity index (χ1n) is 9.50. The number of benzene rings is 1. The second kappa shape index (κ2) is 7.84. The lowest BCUT2D eigenvalue weighted by molar-refractivity contribution is 0.134. The van der Waals surface area contributed by atoms with Crippen molar-refractivity contribution >= 4 is 0 Å². The molecular formula is C21H24N4O. The van der Waals surface area contributed by atoms with Crippen LogP contribution in [0.2, 0.25) is 0 Å². The van der Waals surface area contributed by atoms with Gasteiger partial charge in [-0.3, -0.25) is 4.90 Å². The molecule has 2 aromatic rings. The Hall–Kier alpha value is -2.45. The van der Waals surface area contributed by atoms with E-state index < -0.39 is 0 Å². The van der Waals surface area contributed by atoms with E-state index in [0.717, 1.165) is 63.2 Å². The summed E-state index contributed by atoms with van der Waals surface area (Å²) in [4.78, 5) is 2.48. The molecule has 0 radical (unpaired) electrons. The van der Waals surface area contributed by atoms with E-state index in [1.807, 2.05) is 12.1 Å². The average Bonchev–Trinajstić information content (AvgIpc) is 3.16. The summed E-state index contributed by atoms with van der Waals surface area (Å²) in [5.41, 5.74) is 4.45. The molecule has 1 fully saturated rings. The normalized spacial score (nSPS) is 17.7. The van der Waals surface area contributed by atoms with E-state index in [0.29, 0.717) is 11.8 Å². The molecule has 2 aliphatic rings. The summed E-state index contributed by atoms with van der Waals surface area (Å²) < 4.78 is 5.93. The Morgan fingerprint density at radius 2 is 1.92 bits per heavy atom. The molecule has 1 aromatic heterocycles. The number of aryl methyl sites for hydroxylation is 2. The van der Waals surface area contributed by atoms with E-state index >= 15 is 0 Å². The van der Waals surface area contributed by atoms with E-state index in [9.17, 15) is 0 Å². The van der Waals surface area contributed by atoms with Crippen LogP contribution in [0.3, 0.4) is 0 Å². The predicted molar refractivity (Wildman–Crippen MR) is 98.7 cm³/mol. The van der Waals surface area contributed by atoms with Crippen LogP contribution < -0.4 is 4.74 Å². The van der Waals surface area contributed by atoms with E-state index in [4.69, 9.17) is 10.00 Å². The van der Waals surface area contributed by atoms with Crippen molar-refractivity contribution < 1.29 is 4.74 Å². The van der Waals surface area contributed by atoms with Gasteiger partial charge in [0.15, 0.2) is 0 Å². The van der Waals surface area contributed by atoms with E-state index in [1.54, 1.807) is 0 Å². The highest BCUT2D eigenvalue weighted by atomic mass is 16.5. The van der Waals surface area contributed by atoms with E-state index in [2.05, 4.69) is 39.4 Å². The molecule has 0 atom stereocenters. The highest BCUT2D eigenvalue weighted by Crippen LogP contribution is 2.24. The Bertz CT molecular complexity index is 789. The molecule has 4 rings (SSSR count). The van der Waals surface area contributed by atoms with Crippen LogP contribution in [0.4, 0.5) is 0 Å². The summed E-state index contributed by atoms with van der Waals surface area (Å²) in [5, 5.41) is 17.4. The fourth-order valence-electron chi connectivity index (χ4n) is 3.84. The van der Waals surface area contributed by atoms with Gasteiger partial charge in [0.25, 0.3) is 0 Å². The first-order valence-corrected chi connectivity index (χ1v) is 9.50. The van der Waals surface area contributed by atoms with E-state index in [-0.39, 0.29) is 0 Å². The first-order chi connectivity index (χ1) is 12.8. The van der Waals surface area contributed by atoms with Gasteiger partial charge in [0.05, 0.1) is 23.9 Å². The Labute approximate surface area is 154 Å². The number of ether oxygens (including phenoxy) is 1. The second-order valence-corrected chi connectivity index (χ2v) is 7.35. The maximum absolute atomic E-state index is 8.88. The highest BCUT2D eigenvalue weighted by molar-refractivity contribution is 5.31. The van der Waals surface area contributed by atoms with Crippen LogP contribution in [0.25, 0.3) is 0 Å². The van der Waals surface area contributed by atoms with Gasteiger partial charge >= 0.3 is 0 Å². The van der Waals surface area contributed by atoms with Crippen molar-refractivity contribution in [3.8, 4) is 11.9 Å². The number of rotatable bonds is 5. The zero-order valence-corrected chi connectivity index (χ0v) is 15.0. The lowest BCUT2D eigenvalue weighted by atomic mass is 9.97. The Morgan fingerprint density at radius 3 is 2.69 bits per heavy atom. The molecule has 0 unspecified atom stereocenters. The Kier molecular flexibility index (Phi) is 5.12. The van der Waals surface area contributed by atoms with Crippen molar-refractivity contribution in [3.05, 3.63) is 52.7 Å². The minimum absolute atomic E-state index is 0.585. The number of hydrogen-bond acceptors (Lipinski definition) is 5. The molecule has 1 aliphatic carbocycles. The maximum Gasteiger partial charge on any atom is 0.233 e. The number of nitrogens with zero attached hydrogens (tertiary/aromatic N) is 4. The minimum Gasteiger partial charge on any atom is -0.476 e. The molecule has 1 aromatic carbocycles. The second-order valence-electron chi connectivity index (χ2n) is 7.35. The molecule has 0 saturated carbocycles. The zero-order chi connectivity index (χ0) is 17.8. The Balaban J connectivity index is 1.23. The summed E-state index contributed by atoms with van der Waals surface area (Å²) in [6.45, 7) is 3.86. The van der Waals surface area contributed by atoms with Gasteiger partial charge in [-0.25, -0.2) is 0 Å². The number of piperidine rings is 1. The van der Waals surface area contributed by atoms with Crippen LogP contribution >= 0.6 is 0 Å². The lowest BCUT2D eigenvalue weighted by Crippen LogP contribution is -2.35. The first kappa shape index (κ1) is 17.0. The van der Waals surface area contributed by atoms with Crippen molar-refractivity contribution in [2.45, 2.75) is 38.6 Å². The summed E-state index contributed by atoms with van der Waals surface area (Å²) in [6.07, 6.45) is 5.64. The smallest absolute Gasteiger partial charge is 0.233 e. The molecule has 0 bridgehead atoms. The minimum atomic E-state index is 0.585. The molecule has 0 spiro atoms. The molecule has 1 saturated heterocycles. The number of likely N-dealkylation sites (tertiary alicyclic amines) is 1. The molecule has 1 aliphatic heterocycles. The van der Waals surface area contributed by atoms with Gasteiger partial charge in [-0.15, -0.1) is 5.10 Å². The summed E-state index contributed by atoms with van der Waals surface area (Å²) in [6, 6.07) is 12.2. The highest BCUT2D eigenvalue weighted by Gasteiger charge is 2.21. The summed E-state index contributed by atoms with van der Waals surface area (Å²) >= 11 is 0. The molecule has 134 valence electrons. The molecule has 2 heterocycles. The number of aromatic nitrogens is 2. The van der Waals surface area contributed by atoms with Crippen molar-refractivity contribution in [1.29, 1.82) is 5.26 Å². The topological polar surface area (TPSA) is 62.0 Å². The van der Waals surface area contributed by atoms with Gasteiger partial charge in [0, 0.05) is 12.6 Å². The van der Waals surface area contributed by atoms with Crippen LogP contribution in [0.1, 0.15) is 41.6 Å². The van der Waals surface area contributed by atoms with Crippen molar-refractivity contribution in [2.24, 2.45) is 5.92 Å².